The Morgan fingerprint density at radius 3 is 2.71 bits per heavy atom. The van der Waals surface area contributed by atoms with Gasteiger partial charge in [-0.05, 0) is 31.0 Å². The summed E-state index contributed by atoms with van der Waals surface area (Å²) in [5.41, 5.74) is 1.28. The van der Waals surface area contributed by atoms with E-state index in [1.807, 2.05) is 0 Å². The zero-order valence-corrected chi connectivity index (χ0v) is 10.00. The van der Waals surface area contributed by atoms with Crippen molar-refractivity contribution in [1.82, 2.24) is 5.01 Å². The van der Waals surface area contributed by atoms with E-state index in [0.29, 0.717) is 0 Å². The Labute approximate surface area is 93.6 Å². The van der Waals surface area contributed by atoms with Crippen LogP contribution >= 0.6 is 15.9 Å². The molecular weight excluding hydrogens is 240 g/mol. The predicted molar refractivity (Wildman–Crippen MR) is 63.4 cm³/mol. The predicted octanol–water partition coefficient (Wildman–Crippen LogP) is 2.90. The fourth-order valence-corrected chi connectivity index (χ4v) is 2.24. The highest BCUT2D eigenvalue weighted by molar-refractivity contribution is 9.10. The van der Waals surface area contributed by atoms with Crippen LogP contribution < -0.4 is 5.01 Å². The van der Waals surface area contributed by atoms with Gasteiger partial charge in [0.15, 0.2) is 0 Å². The largest absolute Gasteiger partial charge is 0.306 e. The first-order valence-corrected chi connectivity index (χ1v) is 5.81. The molecule has 1 aromatic carbocycles. The van der Waals surface area contributed by atoms with E-state index >= 15 is 0 Å². The molecule has 0 aromatic heterocycles. The van der Waals surface area contributed by atoms with Gasteiger partial charge >= 0.3 is 0 Å². The van der Waals surface area contributed by atoms with Crippen LogP contribution in [0.3, 0.4) is 0 Å². The van der Waals surface area contributed by atoms with Crippen molar-refractivity contribution in [2.75, 3.05) is 25.1 Å². The van der Waals surface area contributed by atoms with E-state index in [-0.39, 0.29) is 0 Å². The first kappa shape index (κ1) is 9.99. The summed E-state index contributed by atoms with van der Waals surface area (Å²) in [4.78, 5) is 0. The molecular formula is C11H15BrN2. The van der Waals surface area contributed by atoms with Gasteiger partial charge in [0.2, 0.25) is 0 Å². The molecule has 0 radical (unpaired) electrons. The van der Waals surface area contributed by atoms with Crippen LogP contribution in [0.25, 0.3) is 0 Å². The molecule has 1 aliphatic heterocycles. The Balaban J connectivity index is 2.20. The molecule has 76 valence electrons. The van der Waals surface area contributed by atoms with Crippen molar-refractivity contribution in [1.29, 1.82) is 0 Å². The van der Waals surface area contributed by atoms with Gasteiger partial charge in [0.05, 0.1) is 5.69 Å². The molecule has 0 amide bonds. The van der Waals surface area contributed by atoms with E-state index < -0.39 is 0 Å². The molecule has 2 rings (SSSR count). The fraction of sp³-hybridized carbons (Fsp3) is 0.455. The maximum Gasteiger partial charge on any atom is 0.0533 e. The number of anilines is 1. The maximum atomic E-state index is 3.50. The van der Waals surface area contributed by atoms with Crippen LogP contribution in [0, 0.1) is 0 Å². The quantitative estimate of drug-likeness (QED) is 0.761. The lowest BCUT2D eigenvalue weighted by Crippen LogP contribution is -2.44. The number of rotatable bonds is 1. The Morgan fingerprint density at radius 1 is 1.21 bits per heavy atom. The summed E-state index contributed by atoms with van der Waals surface area (Å²) < 4.78 is 1.15. The average Bonchev–Trinajstić information content (AvgIpc) is 2.18. The number of hydrazine groups is 1. The van der Waals surface area contributed by atoms with Gasteiger partial charge in [0.25, 0.3) is 0 Å². The maximum absolute atomic E-state index is 3.50. The highest BCUT2D eigenvalue weighted by Crippen LogP contribution is 2.23. The molecule has 0 spiro atoms. The molecule has 1 aromatic rings. The van der Waals surface area contributed by atoms with Crippen molar-refractivity contribution in [3.05, 3.63) is 28.7 Å². The van der Waals surface area contributed by atoms with Crippen LogP contribution in [-0.4, -0.2) is 25.1 Å². The minimum absolute atomic E-state index is 1.13. The zero-order chi connectivity index (χ0) is 9.97. The molecule has 14 heavy (non-hydrogen) atoms. The third-order valence-corrected chi connectivity index (χ3v) is 3.11. The van der Waals surface area contributed by atoms with Crippen molar-refractivity contribution in [2.24, 2.45) is 0 Å². The van der Waals surface area contributed by atoms with Crippen LogP contribution in [0.1, 0.15) is 12.8 Å². The number of hydrogen-bond acceptors (Lipinski definition) is 2. The van der Waals surface area contributed by atoms with Gasteiger partial charge in [0.1, 0.15) is 0 Å². The lowest BCUT2D eigenvalue weighted by molar-refractivity contribution is 0.259. The highest BCUT2D eigenvalue weighted by Gasteiger charge is 2.15. The van der Waals surface area contributed by atoms with Gasteiger partial charge in [-0.3, -0.25) is 0 Å². The van der Waals surface area contributed by atoms with E-state index in [1.54, 1.807) is 0 Å². The van der Waals surface area contributed by atoms with Gasteiger partial charge < -0.3 is 5.01 Å². The summed E-state index contributed by atoms with van der Waals surface area (Å²) >= 11 is 3.50. The van der Waals surface area contributed by atoms with Crippen LogP contribution in [0.2, 0.25) is 0 Å². The molecule has 0 aliphatic carbocycles. The minimum atomic E-state index is 1.13. The van der Waals surface area contributed by atoms with Gasteiger partial charge in [-0.1, -0.05) is 22.0 Å². The van der Waals surface area contributed by atoms with Crippen LogP contribution in [0.4, 0.5) is 5.69 Å². The Morgan fingerprint density at radius 2 is 2.00 bits per heavy atom. The van der Waals surface area contributed by atoms with Gasteiger partial charge in [0, 0.05) is 24.6 Å². The lowest BCUT2D eigenvalue weighted by Gasteiger charge is -2.37. The third-order valence-electron chi connectivity index (χ3n) is 2.62. The molecule has 0 bridgehead atoms. The van der Waals surface area contributed by atoms with Crippen molar-refractivity contribution in [3.8, 4) is 0 Å². The topological polar surface area (TPSA) is 6.48 Å². The summed E-state index contributed by atoms with van der Waals surface area (Å²) in [5.74, 6) is 0. The second kappa shape index (κ2) is 4.32. The SMILES string of the molecule is CN1CCCCN1c1cccc(Br)c1. The van der Waals surface area contributed by atoms with E-state index in [9.17, 15) is 0 Å². The first-order valence-electron chi connectivity index (χ1n) is 5.01. The summed E-state index contributed by atoms with van der Waals surface area (Å²) in [6.45, 7) is 2.29. The van der Waals surface area contributed by atoms with Gasteiger partial charge in [-0.25, -0.2) is 5.01 Å². The minimum Gasteiger partial charge on any atom is -0.306 e. The molecule has 1 aliphatic rings. The second-order valence-electron chi connectivity index (χ2n) is 3.69. The summed E-state index contributed by atoms with van der Waals surface area (Å²) in [6.07, 6.45) is 2.60. The normalized spacial score (nSPS) is 18.6. The summed E-state index contributed by atoms with van der Waals surface area (Å²) in [5, 5.41) is 4.64. The molecule has 3 heteroatoms. The lowest BCUT2D eigenvalue weighted by atomic mass is 10.2. The van der Waals surface area contributed by atoms with Crippen LogP contribution in [0.5, 0.6) is 0 Å². The average molecular weight is 255 g/mol. The van der Waals surface area contributed by atoms with Gasteiger partial charge in [-0.15, -0.1) is 0 Å². The molecule has 0 unspecified atom stereocenters. The van der Waals surface area contributed by atoms with E-state index in [4.69, 9.17) is 0 Å². The highest BCUT2D eigenvalue weighted by atomic mass is 79.9. The zero-order valence-electron chi connectivity index (χ0n) is 8.41. The standard InChI is InChI=1S/C11H15BrN2/c1-13-7-2-3-8-14(13)11-6-4-5-10(12)9-11/h4-6,9H,2-3,7-8H2,1H3. The smallest absolute Gasteiger partial charge is 0.0533 e. The molecule has 0 saturated carbocycles. The molecule has 2 nitrogen and oxygen atoms in total. The second-order valence-corrected chi connectivity index (χ2v) is 4.61. The number of halogens is 1. The van der Waals surface area contributed by atoms with Crippen molar-refractivity contribution >= 4 is 21.6 Å². The van der Waals surface area contributed by atoms with Crippen molar-refractivity contribution < 1.29 is 0 Å². The number of hydrogen-bond donors (Lipinski definition) is 0. The number of benzene rings is 1. The monoisotopic (exact) mass is 254 g/mol. The van der Waals surface area contributed by atoms with Crippen molar-refractivity contribution in [2.45, 2.75) is 12.8 Å². The molecule has 1 heterocycles. The van der Waals surface area contributed by atoms with Crippen LogP contribution in [0.15, 0.2) is 28.7 Å². The van der Waals surface area contributed by atoms with Gasteiger partial charge in [-0.2, -0.15) is 0 Å². The summed E-state index contributed by atoms with van der Waals surface area (Å²) in [6, 6.07) is 8.48. The third kappa shape index (κ3) is 2.10. The van der Waals surface area contributed by atoms with Crippen molar-refractivity contribution in [3.63, 3.8) is 0 Å². The van der Waals surface area contributed by atoms with E-state index in [2.05, 4.69) is 57.3 Å². The Kier molecular flexibility index (Phi) is 3.08. The first-order chi connectivity index (χ1) is 6.77. The Bertz CT molecular complexity index is 314. The molecule has 1 saturated heterocycles. The molecule has 0 N–H and O–H groups in total. The fourth-order valence-electron chi connectivity index (χ4n) is 1.86. The molecule has 0 atom stereocenters. The van der Waals surface area contributed by atoms with Crippen LogP contribution in [-0.2, 0) is 0 Å². The summed E-state index contributed by atoms with van der Waals surface area (Å²) in [7, 11) is 2.15. The molecule has 1 fully saturated rings. The Hall–Kier alpha value is -0.540. The number of nitrogens with zero attached hydrogens (tertiary/aromatic N) is 2. The van der Waals surface area contributed by atoms with E-state index in [0.717, 1.165) is 17.6 Å². The van der Waals surface area contributed by atoms with E-state index in [1.165, 1.54) is 18.5 Å².